The maximum Gasteiger partial charge on any atom is 0.418 e. The number of rotatable bonds is 10. The van der Waals surface area contributed by atoms with Crippen LogP contribution in [0.5, 0.6) is 0 Å². The van der Waals surface area contributed by atoms with E-state index in [0.717, 1.165) is 37.6 Å². The lowest BCUT2D eigenvalue weighted by Gasteiger charge is -2.14. The summed E-state index contributed by atoms with van der Waals surface area (Å²) in [6, 6.07) is 5.32. The molecule has 1 atom stereocenters. The Balaban J connectivity index is 1.63. The van der Waals surface area contributed by atoms with Gasteiger partial charge < -0.3 is 15.6 Å². The predicted octanol–water partition coefficient (Wildman–Crippen LogP) is 4.15. The van der Waals surface area contributed by atoms with Gasteiger partial charge in [0.25, 0.3) is 0 Å². The number of H-pyrrole nitrogens is 1. The molecule has 0 spiro atoms. The van der Waals surface area contributed by atoms with Crippen LogP contribution >= 0.6 is 0 Å². The van der Waals surface area contributed by atoms with E-state index in [1.807, 2.05) is 0 Å². The van der Waals surface area contributed by atoms with E-state index in [-0.39, 0.29) is 12.1 Å². The number of alkyl halides is 3. The van der Waals surface area contributed by atoms with Gasteiger partial charge in [-0.05, 0) is 31.9 Å². The molecule has 8 heteroatoms. The van der Waals surface area contributed by atoms with Crippen LogP contribution in [0.1, 0.15) is 43.9 Å². The number of aromatic amines is 1. The minimum atomic E-state index is -4.48. The quantitative estimate of drug-likeness (QED) is 0.541. The van der Waals surface area contributed by atoms with Crippen molar-refractivity contribution in [2.24, 2.45) is 0 Å². The van der Waals surface area contributed by atoms with Crippen LogP contribution < -0.4 is 10.6 Å². The molecule has 0 aliphatic rings. The highest BCUT2D eigenvalue weighted by atomic mass is 19.4. The number of para-hydroxylation sites is 1. The molecule has 0 saturated heterocycles. The van der Waals surface area contributed by atoms with E-state index in [4.69, 9.17) is 0 Å². The Labute approximate surface area is 156 Å². The lowest BCUT2D eigenvalue weighted by molar-refractivity contribution is -0.137. The van der Waals surface area contributed by atoms with Gasteiger partial charge in [-0.2, -0.15) is 13.2 Å². The molecule has 148 valence electrons. The fourth-order valence-electron chi connectivity index (χ4n) is 2.76. The number of unbranched alkanes of at least 4 members (excludes halogenated alkanes) is 1. The zero-order chi connectivity index (χ0) is 19.7. The summed E-state index contributed by atoms with van der Waals surface area (Å²) in [5.74, 6) is -0.397. The fraction of sp³-hybridized carbons (Fsp3) is 0.474. The molecule has 2 aromatic rings. The Morgan fingerprint density at radius 2 is 2.04 bits per heavy atom. The Hall–Kier alpha value is -2.35. The second-order valence-corrected chi connectivity index (χ2v) is 6.52. The van der Waals surface area contributed by atoms with Gasteiger partial charge in [0.1, 0.15) is 0 Å². The first-order valence-electron chi connectivity index (χ1n) is 9.03. The van der Waals surface area contributed by atoms with Crippen LogP contribution in [0.4, 0.5) is 18.9 Å². The number of carbonyl (C=O) groups excluding carboxylic acids is 1. The third-order valence-corrected chi connectivity index (χ3v) is 4.24. The van der Waals surface area contributed by atoms with Crippen LogP contribution in [0.3, 0.4) is 0 Å². The van der Waals surface area contributed by atoms with Gasteiger partial charge in [-0.1, -0.05) is 18.6 Å². The molecule has 0 saturated carbocycles. The van der Waals surface area contributed by atoms with E-state index in [9.17, 15) is 18.0 Å². The summed E-state index contributed by atoms with van der Waals surface area (Å²) in [4.78, 5) is 18.9. The van der Waals surface area contributed by atoms with Crippen molar-refractivity contribution in [3.63, 3.8) is 0 Å². The molecule has 0 radical (unpaired) electrons. The van der Waals surface area contributed by atoms with Crippen molar-refractivity contribution in [3.8, 4) is 0 Å². The van der Waals surface area contributed by atoms with Gasteiger partial charge in [-0.25, -0.2) is 4.98 Å². The first-order valence-corrected chi connectivity index (χ1v) is 9.03. The standard InChI is InChI=1S/C19H25F3N4O/c1-14(24-11-10-15-12-23-13-25-15)6-2-5-9-18(27)26-17-8-4-3-7-16(17)19(20,21)22/h3-4,7-8,12-14,24H,2,5-6,9-11H2,1H3,(H,23,25)(H,26,27). The molecule has 1 aromatic carbocycles. The zero-order valence-corrected chi connectivity index (χ0v) is 15.3. The van der Waals surface area contributed by atoms with E-state index in [2.05, 4.69) is 27.5 Å². The molecular weight excluding hydrogens is 357 g/mol. The Morgan fingerprint density at radius 1 is 1.26 bits per heavy atom. The number of anilines is 1. The second kappa shape index (κ2) is 10.1. The number of hydrogen-bond donors (Lipinski definition) is 3. The molecule has 0 aliphatic carbocycles. The maximum atomic E-state index is 12.9. The van der Waals surface area contributed by atoms with Crippen molar-refractivity contribution in [2.45, 2.75) is 51.2 Å². The van der Waals surface area contributed by atoms with Crippen LogP contribution in [0, 0.1) is 0 Å². The third kappa shape index (κ3) is 7.42. The van der Waals surface area contributed by atoms with E-state index >= 15 is 0 Å². The first kappa shape index (κ1) is 21.0. The number of nitrogens with one attached hydrogen (secondary N) is 3. The number of halogens is 3. The fourth-order valence-corrected chi connectivity index (χ4v) is 2.76. The minimum Gasteiger partial charge on any atom is -0.348 e. The number of aromatic nitrogens is 2. The van der Waals surface area contributed by atoms with Gasteiger partial charge in [0.2, 0.25) is 5.91 Å². The number of amides is 1. The van der Waals surface area contributed by atoms with Crippen molar-refractivity contribution in [2.75, 3.05) is 11.9 Å². The van der Waals surface area contributed by atoms with E-state index in [0.29, 0.717) is 12.5 Å². The van der Waals surface area contributed by atoms with Gasteiger partial charge in [0, 0.05) is 37.3 Å². The molecule has 27 heavy (non-hydrogen) atoms. The zero-order valence-electron chi connectivity index (χ0n) is 15.3. The molecule has 3 N–H and O–H groups in total. The Bertz CT molecular complexity index is 701. The normalized spacial score (nSPS) is 12.7. The predicted molar refractivity (Wildman–Crippen MR) is 98.3 cm³/mol. The van der Waals surface area contributed by atoms with E-state index in [1.165, 1.54) is 18.2 Å². The van der Waals surface area contributed by atoms with Crippen LogP contribution in [0.25, 0.3) is 0 Å². The molecule has 0 aliphatic heterocycles. The molecule has 1 amide bonds. The lowest BCUT2D eigenvalue weighted by Crippen LogP contribution is -2.28. The van der Waals surface area contributed by atoms with Gasteiger partial charge in [0.05, 0.1) is 17.6 Å². The van der Waals surface area contributed by atoms with Crippen molar-refractivity contribution in [1.82, 2.24) is 15.3 Å². The summed E-state index contributed by atoms with van der Waals surface area (Å²) in [6.07, 6.45) is 2.38. The topological polar surface area (TPSA) is 69.8 Å². The van der Waals surface area contributed by atoms with Crippen LogP contribution in [0.15, 0.2) is 36.8 Å². The minimum absolute atomic E-state index is 0.191. The molecule has 1 heterocycles. The van der Waals surface area contributed by atoms with Crippen LogP contribution in [-0.2, 0) is 17.4 Å². The number of nitrogens with zero attached hydrogens (tertiary/aromatic N) is 1. The van der Waals surface area contributed by atoms with Crippen LogP contribution in [-0.4, -0.2) is 28.5 Å². The Morgan fingerprint density at radius 3 is 2.74 bits per heavy atom. The highest BCUT2D eigenvalue weighted by Gasteiger charge is 2.33. The molecule has 0 fully saturated rings. The number of carbonyl (C=O) groups is 1. The number of hydrogen-bond acceptors (Lipinski definition) is 3. The smallest absolute Gasteiger partial charge is 0.348 e. The highest BCUT2D eigenvalue weighted by Crippen LogP contribution is 2.34. The number of benzene rings is 1. The van der Waals surface area contributed by atoms with Crippen molar-refractivity contribution in [1.29, 1.82) is 0 Å². The lowest BCUT2D eigenvalue weighted by atomic mass is 10.1. The molecule has 5 nitrogen and oxygen atoms in total. The monoisotopic (exact) mass is 382 g/mol. The van der Waals surface area contributed by atoms with Crippen molar-refractivity contribution < 1.29 is 18.0 Å². The summed E-state index contributed by atoms with van der Waals surface area (Å²) >= 11 is 0. The highest BCUT2D eigenvalue weighted by molar-refractivity contribution is 5.91. The SMILES string of the molecule is CC(CCCCC(=O)Nc1ccccc1C(F)(F)F)NCCc1cnc[nH]1. The van der Waals surface area contributed by atoms with Gasteiger partial charge in [-0.3, -0.25) is 4.79 Å². The summed E-state index contributed by atoms with van der Waals surface area (Å²) in [5, 5.41) is 5.77. The molecule has 2 rings (SSSR count). The van der Waals surface area contributed by atoms with Gasteiger partial charge in [-0.15, -0.1) is 0 Å². The van der Waals surface area contributed by atoms with Crippen molar-refractivity contribution >= 4 is 11.6 Å². The van der Waals surface area contributed by atoms with Gasteiger partial charge in [0.15, 0.2) is 0 Å². The first-order chi connectivity index (χ1) is 12.9. The van der Waals surface area contributed by atoms with Crippen molar-refractivity contribution in [3.05, 3.63) is 48.0 Å². The summed E-state index contributed by atoms with van der Waals surface area (Å²) < 4.78 is 38.8. The summed E-state index contributed by atoms with van der Waals surface area (Å²) in [7, 11) is 0. The maximum absolute atomic E-state index is 12.9. The molecule has 0 bridgehead atoms. The number of imidazole rings is 1. The van der Waals surface area contributed by atoms with Gasteiger partial charge >= 0.3 is 6.18 Å². The molecule has 1 aromatic heterocycles. The summed E-state index contributed by atoms with van der Waals surface area (Å²) in [5.41, 5.74) is 0.0581. The average Bonchev–Trinajstić information content (AvgIpc) is 3.12. The third-order valence-electron chi connectivity index (χ3n) is 4.24. The summed E-state index contributed by atoms with van der Waals surface area (Å²) in [6.45, 7) is 2.91. The molecule has 1 unspecified atom stereocenters. The second-order valence-electron chi connectivity index (χ2n) is 6.52. The largest absolute Gasteiger partial charge is 0.418 e. The molecular formula is C19H25F3N4O. The van der Waals surface area contributed by atoms with E-state index < -0.39 is 17.6 Å². The van der Waals surface area contributed by atoms with E-state index in [1.54, 1.807) is 12.5 Å². The van der Waals surface area contributed by atoms with Crippen LogP contribution in [0.2, 0.25) is 0 Å². The average molecular weight is 382 g/mol. The Kier molecular flexibility index (Phi) is 7.84.